The predicted molar refractivity (Wildman–Crippen MR) is 67.2 cm³/mol. The van der Waals surface area contributed by atoms with Crippen molar-refractivity contribution in [3.63, 3.8) is 0 Å². The van der Waals surface area contributed by atoms with E-state index < -0.39 is 0 Å². The van der Waals surface area contributed by atoms with Gasteiger partial charge < -0.3 is 10.1 Å². The number of hydrogen-bond donors (Lipinski definition) is 1. The van der Waals surface area contributed by atoms with Crippen molar-refractivity contribution < 1.29 is 4.74 Å². The van der Waals surface area contributed by atoms with Gasteiger partial charge in [-0.05, 0) is 25.7 Å². The van der Waals surface area contributed by atoms with Crippen molar-refractivity contribution in [1.29, 1.82) is 0 Å². The van der Waals surface area contributed by atoms with E-state index in [0.717, 1.165) is 18.9 Å². The van der Waals surface area contributed by atoms with Crippen LogP contribution in [0.4, 0.5) is 0 Å². The Morgan fingerprint density at radius 3 is 2.27 bits per heavy atom. The first-order valence-electron chi connectivity index (χ1n) is 6.35. The van der Waals surface area contributed by atoms with Crippen LogP contribution in [0.5, 0.6) is 0 Å². The normalized spacial score (nSPS) is 15.6. The van der Waals surface area contributed by atoms with E-state index in [1.54, 1.807) is 7.11 Å². The Morgan fingerprint density at radius 1 is 1.13 bits per heavy atom. The van der Waals surface area contributed by atoms with Crippen LogP contribution in [0.3, 0.4) is 0 Å². The van der Waals surface area contributed by atoms with E-state index in [1.165, 1.54) is 19.3 Å². The maximum Gasteiger partial charge on any atom is 0.0615 e. The fraction of sp³-hybridized carbons (Fsp3) is 1.00. The summed E-state index contributed by atoms with van der Waals surface area (Å²) in [5.74, 6) is 0.832. The summed E-state index contributed by atoms with van der Waals surface area (Å²) in [6, 6.07) is 1.13. The molecule has 0 aromatic carbocycles. The molecule has 2 unspecified atom stereocenters. The molecule has 0 aliphatic carbocycles. The lowest BCUT2D eigenvalue weighted by atomic mass is 10.0. The second kappa shape index (κ2) is 9.17. The third kappa shape index (κ3) is 8.88. The Morgan fingerprint density at radius 2 is 1.80 bits per heavy atom. The molecule has 0 aromatic rings. The smallest absolute Gasteiger partial charge is 0.0615 e. The van der Waals surface area contributed by atoms with Crippen LogP contribution in [0.25, 0.3) is 0 Å². The third-order valence-corrected chi connectivity index (χ3v) is 2.80. The van der Waals surface area contributed by atoms with Gasteiger partial charge in [0.1, 0.15) is 0 Å². The summed E-state index contributed by atoms with van der Waals surface area (Å²) >= 11 is 0. The summed E-state index contributed by atoms with van der Waals surface area (Å²) < 4.78 is 5.18. The Kier molecular flexibility index (Phi) is 9.12. The lowest BCUT2D eigenvalue weighted by Crippen LogP contribution is -2.39. The molecule has 1 N–H and O–H groups in total. The minimum Gasteiger partial charge on any atom is -0.383 e. The molecule has 2 heteroatoms. The molecular weight excluding hydrogens is 186 g/mol. The van der Waals surface area contributed by atoms with Crippen molar-refractivity contribution in [2.24, 2.45) is 5.92 Å². The largest absolute Gasteiger partial charge is 0.383 e. The van der Waals surface area contributed by atoms with E-state index in [0.29, 0.717) is 12.1 Å². The van der Waals surface area contributed by atoms with Crippen LogP contribution in [-0.2, 0) is 4.74 Å². The average molecular weight is 215 g/mol. The van der Waals surface area contributed by atoms with Gasteiger partial charge in [-0.1, -0.05) is 33.6 Å². The van der Waals surface area contributed by atoms with Crippen molar-refractivity contribution >= 4 is 0 Å². The highest BCUT2D eigenvalue weighted by Crippen LogP contribution is 2.09. The second-order valence-electron chi connectivity index (χ2n) is 4.95. The number of nitrogens with one attached hydrogen (secondary N) is 1. The maximum atomic E-state index is 5.18. The van der Waals surface area contributed by atoms with Gasteiger partial charge in [0.2, 0.25) is 0 Å². The lowest BCUT2D eigenvalue weighted by molar-refractivity contribution is 0.158. The molecule has 0 amide bonds. The average Bonchev–Trinajstić information content (AvgIpc) is 2.16. The Labute approximate surface area is 95.8 Å². The molecular formula is C13H29NO. The van der Waals surface area contributed by atoms with Gasteiger partial charge in [0.05, 0.1) is 6.61 Å². The highest BCUT2D eigenvalue weighted by atomic mass is 16.5. The van der Waals surface area contributed by atoms with E-state index in [4.69, 9.17) is 4.74 Å². The summed E-state index contributed by atoms with van der Waals surface area (Å²) in [5, 5.41) is 3.62. The number of rotatable bonds is 9. The molecule has 0 rings (SSSR count). The third-order valence-electron chi connectivity index (χ3n) is 2.80. The summed E-state index contributed by atoms with van der Waals surface area (Å²) in [6.45, 7) is 9.89. The first-order valence-corrected chi connectivity index (χ1v) is 6.35. The molecule has 0 aliphatic rings. The fourth-order valence-corrected chi connectivity index (χ4v) is 1.80. The molecule has 15 heavy (non-hydrogen) atoms. The summed E-state index contributed by atoms with van der Waals surface area (Å²) in [4.78, 5) is 0. The summed E-state index contributed by atoms with van der Waals surface area (Å²) in [5.41, 5.74) is 0. The van der Waals surface area contributed by atoms with Crippen LogP contribution in [0.15, 0.2) is 0 Å². The minimum absolute atomic E-state index is 0.518. The molecule has 0 aliphatic heterocycles. The van der Waals surface area contributed by atoms with Crippen LogP contribution < -0.4 is 5.32 Å². The molecule has 0 bridgehead atoms. The van der Waals surface area contributed by atoms with E-state index in [-0.39, 0.29) is 0 Å². The zero-order valence-corrected chi connectivity index (χ0v) is 11.2. The van der Waals surface area contributed by atoms with E-state index in [9.17, 15) is 0 Å². The Bertz CT molecular complexity index is 136. The maximum absolute atomic E-state index is 5.18. The molecule has 0 aromatic heterocycles. The highest BCUT2D eigenvalue weighted by Gasteiger charge is 2.09. The molecule has 0 heterocycles. The zero-order valence-electron chi connectivity index (χ0n) is 11.2. The highest BCUT2D eigenvalue weighted by molar-refractivity contribution is 4.70. The summed E-state index contributed by atoms with van der Waals surface area (Å²) in [6.07, 6.45) is 5.09. The molecule has 0 fully saturated rings. The van der Waals surface area contributed by atoms with E-state index in [1.807, 2.05) is 0 Å². The molecule has 0 spiro atoms. The fourth-order valence-electron chi connectivity index (χ4n) is 1.80. The van der Waals surface area contributed by atoms with Crippen LogP contribution in [-0.4, -0.2) is 25.8 Å². The zero-order chi connectivity index (χ0) is 11.7. The predicted octanol–water partition coefficient (Wildman–Crippen LogP) is 3.22. The Balaban J connectivity index is 3.56. The van der Waals surface area contributed by atoms with E-state index in [2.05, 4.69) is 33.0 Å². The number of hydrogen-bond acceptors (Lipinski definition) is 2. The van der Waals surface area contributed by atoms with Gasteiger partial charge in [0, 0.05) is 19.2 Å². The molecule has 92 valence electrons. The van der Waals surface area contributed by atoms with Gasteiger partial charge in [-0.2, -0.15) is 0 Å². The van der Waals surface area contributed by atoms with E-state index >= 15 is 0 Å². The molecule has 0 saturated carbocycles. The topological polar surface area (TPSA) is 21.3 Å². The first kappa shape index (κ1) is 14.9. The lowest BCUT2D eigenvalue weighted by Gasteiger charge is -2.21. The number of ether oxygens (including phenoxy) is 1. The van der Waals surface area contributed by atoms with Gasteiger partial charge in [-0.3, -0.25) is 0 Å². The van der Waals surface area contributed by atoms with Gasteiger partial charge in [0.25, 0.3) is 0 Å². The molecule has 2 nitrogen and oxygen atoms in total. The molecule has 0 saturated heterocycles. The monoisotopic (exact) mass is 215 g/mol. The van der Waals surface area contributed by atoms with Crippen LogP contribution in [0, 0.1) is 5.92 Å². The van der Waals surface area contributed by atoms with Crippen molar-refractivity contribution in [1.82, 2.24) is 5.32 Å². The van der Waals surface area contributed by atoms with Crippen molar-refractivity contribution in [3.8, 4) is 0 Å². The van der Waals surface area contributed by atoms with Crippen molar-refractivity contribution in [3.05, 3.63) is 0 Å². The molecule has 2 atom stereocenters. The van der Waals surface area contributed by atoms with Gasteiger partial charge >= 0.3 is 0 Å². The quantitative estimate of drug-likeness (QED) is 0.637. The van der Waals surface area contributed by atoms with Crippen molar-refractivity contribution in [2.45, 2.75) is 65.5 Å². The number of methoxy groups -OCH3 is 1. The Hall–Kier alpha value is -0.0800. The SMILES string of the molecule is CCC(COC)NC(C)CCCC(C)C. The standard InChI is InChI=1S/C13H29NO/c1-6-13(10-15-5)14-12(4)9-7-8-11(2)3/h11-14H,6-10H2,1-5H3. The van der Waals surface area contributed by atoms with Gasteiger partial charge in [0.15, 0.2) is 0 Å². The second-order valence-corrected chi connectivity index (χ2v) is 4.95. The van der Waals surface area contributed by atoms with Crippen LogP contribution >= 0.6 is 0 Å². The summed E-state index contributed by atoms with van der Waals surface area (Å²) in [7, 11) is 1.77. The minimum atomic E-state index is 0.518. The van der Waals surface area contributed by atoms with Crippen LogP contribution in [0.1, 0.15) is 53.4 Å². The van der Waals surface area contributed by atoms with Crippen molar-refractivity contribution in [2.75, 3.05) is 13.7 Å². The van der Waals surface area contributed by atoms with Gasteiger partial charge in [-0.25, -0.2) is 0 Å². The first-order chi connectivity index (χ1) is 7.10. The van der Waals surface area contributed by atoms with Crippen LogP contribution in [0.2, 0.25) is 0 Å². The van der Waals surface area contributed by atoms with Gasteiger partial charge in [-0.15, -0.1) is 0 Å². The molecule has 0 radical (unpaired) electrons.